The zero-order chi connectivity index (χ0) is 22.0. The Hall–Kier alpha value is -3.52. The zero-order valence-corrected chi connectivity index (χ0v) is 17.8. The van der Waals surface area contributed by atoms with Crippen LogP contribution in [0.1, 0.15) is 40.1 Å². The quantitative estimate of drug-likeness (QED) is 0.672. The van der Waals surface area contributed by atoms with E-state index in [-0.39, 0.29) is 12.6 Å². The van der Waals surface area contributed by atoms with Gasteiger partial charge in [0.2, 0.25) is 17.7 Å². The number of rotatable bonds is 4. The number of imide groups is 1. The van der Waals surface area contributed by atoms with Crippen molar-refractivity contribution in [3.8, 4) is 0 Å². The molecule has 0 radical (unpaired) electrons. The molecule has 1 unspecified atom stereocenters. The van der Waals surface area contributed by atoms with Crippen molar-refractivity contribution in [2.75, 3.05) is 11.9 Å². The Morgan fingerprint density at radius 3 is 2.55 bits per heavy atom. The van der Waals surface area contributed by atoms with Crippen LogP contribution in [0.15, 0.2) is 46.9 Å². The number of nitrogens with zero attached hydrogens (tertiary/aromatic N) is 3. The fourth-order valence-corrected chi connectivity index (χ4v) is 3.77. The minimum Gasteiger partial charge on any atom is -0.424 e. The van der Waals surface area contributed by atoms with Crippen LogP contribution < -0.4 is 10.6 Å². The second kappa shape index (κ2) is 8.69. The van der Waals surface area contributed by atoms with E-state index in [0.29, 0.717) is 30.4 Å². The summed E-state index contributed by atoms with van der Waals surface area (Å²) >= 11 is 0. The molecule has 1 aliphatic heterocycles. The maximum Gasteiger partial charge on any atom is 0.325 e. The number of hydrogen-bond acceptors (Lipinski definition) is 6. The van der Waals surface area contributed by atoms with Gasteiger partial charge in [0.25, 0.3) is 0 Å². The van der Waals surface area contributed by atoms with E-state index in [4.69, 9.17) is 4.42 Å². The molecule has 4 rings (SSSR count). The topological polar surface area (TPSA) is 100 Å². The fourth-order valence-electron chi connectivity index (χ4n) is 3.77. The van der Waals surface area contributed by atoms with Crippen LogP contribution in [0.3, 0.4) is 0 Å². The molecule has 2 heterocycles. The minimum absolute atomic E-state index is 0.0285. The number of anilines is 1. The standard InChI is InChI=1S/C23H25N5O3/c1-14-8-9-19(10-15(14)2)24-23(30)25-21(29)13-28-12-18-7-5-4-6-17(18)11-20(28)22-27-26-16(3)31-22/h4-10,20H,11-13H2,1-3H3,(H2,24,25,29,30). The van der Waals surface area contributed by atoms with Crippen molar-refractivity contribution < 1.29 is 14.0 Å². The Morgan fingerprint density at radius 1 is 1.06 bits per heavy atom. The van der Waals surface area contributed by atoms with E-state index in [1.165, 1.54) is 5.56 Å². The molecule has 2 aromatic carbocycles. The summed E-state index contributed by atoms with van der Waals surface area (Å²) in [6, 6.07) is 12.9. The van der Waals surface area contributed by atoms with Gasteiger partial charge in [-0.15, -0.1) is 10.2 Å². The Bertz CT molecular complexity index is 1120. The van der Waals surface area contributed by atoms with Crippen LogP contribution in [-0.4, -0.2) is 33.6 Å². The minimum atomic E-state index is -0.559. The van der Waals surface area contributed by atoms with Gasteiger partial charge in [0.1, 0.15) is 0 Å². The van der Waals surface area contributed by atoms with Crippen molar-refractivity contribution in [2.45, 2.75) is 39.8 Å². The van der Waals surface area contributed by atoms with Gasteiger partial charge in [-0.3, -0.25) is 15.0 Å². The molecule has 2 N–H and O–H groups in total. The molecule has 8 heteroatoms. The van der Waals surface area contributed by atoms with Gasteiger partial charge in [0.15, 0.2) is 0 Å². The molecule has 0 fully saturated rings. The average molecular weight is 419 g/mol. The van der Waals surface area contributed by atoms with E-state index >= 15 is 0 Å². The number of urea groups is 1. The number of amides is 3. The average Bonchev–Trinajstić information content (AvgIpc) is 3.16. The summed E-state index contributed by atoms with van der Waals surface area (Å²) in [7, 11) is 0. The summed E-state index contributed by atoms with van der Waals surface area (Å²) in [5.74, 6) is 0.548. The van der Waals surface area contributed by atoms with E-state index < -0.39 is 11.9 Å². The normalized spacial score (nSPS) is 15.9. The van der Waals surface area contributed by atoms with Crippen molar-refractivity contribution in [1.82, 2.24) is 20.4 Å². The molecule has 0 bridgehead atoms. The number of fused-ring (bicyclic) bond motifs is 1. The Balaban J connectivity index is 1.44. The third-order valence-corrected chi connectivity index (χ3v) is 5.54. The van der Waals surface area contributed by atoms with Gasteiger partial charge >= 0.3 is 6.03 Å². The molecule has 0 spiro atoms. The lowest BCUT2D eigenvalue weighted by Crippen LogP contribution is -2.44. The molecule has 3 amide bonds. The number of carbonyl (C=O) groups is 2. The number of aromatic nitrogens is 2. The van der Waals surface area contributed by atoms with Crippen LogP contribution in [0.2, 0.25) is 0 Å². The van der Waals surface area contributed by atoms with Crippen LogP contribution in [-0.2, 0) is 17.8 Å². The molecule has 0 saturated carbocycles. The molecule has 3 aromatic rings. The van der Waals surface area contributed by atoms with Crippen LogP contribution in [0.5, 0.6) is 0 Å². The second-order valence-electron chi connectivity index (χ2n) is 7.85. The summed E-state index contributed by atoms with van der Waals surface area (Å²) in [5, 5.41) is 13.2. The van der Waals surface area contributed by atoms with Crippen LogP contribution in [0.4, 0.5) is 10.5 Å². The number of aryl methyl sites for hydroxylation is 3. The SMILES string of the molecule is Cc1nnc(C2Cc3ccccc3CN2CC(=O)NC(=O)Nc2ccc(C)c(C)c2)o1. The third-order valence-electron chi connectivity index (χ3n) is 5.54. The highest BCUT2D eigenvalue weighted by Crippen LogP contribution is 2.32. The first kappa shape index (κ1) is 20.7. The maximum atomic E-state index is 12.6. The van der Waals surface area contributed by atoms with Crippen molar-refractivity contribution in [3.63, 3.8) is 0 Å². The van der Waals surface area contributed by atoms with Crippen LogP contribution in [0, 0.1) is 20.8 Å². The monoisotopic (exact) mass is 419 g/mol. The lowest BCUT2D eigenvalue weighted by molar-refractivity contribution is -0.122. The summed E-state index contributed by atoms with van der Waals surface area (Å²) in [6.45, 7) is 6.29. The fraction of sp³-hybridized carbons (Fsp3) is 0.304. The largest absolute Gasteiger partial charge is 0.424 e. The number of hydrogen-bond donors (Lipinski definition) is 2. The van der Waals surface area contributed by atoms with Crippen molar-refractivity contribution >= 4 is 17.6 Å². The van der Waals surface area contributed by atoms with E-state index in [2.05, 4.69) is 26.9 Å². The third kappa shape index (κ3) is 4.80. The molecule has 0 saturated heterocycles. The zero-order valence-electron chi connectivity index (χ0n) is 17.8. The summed E-state index contributed by atoms with van der Waals surface area (Å²) in [6.07, 6.45) is 0.653. The number of nitrogens with one attached hydrogen (secondary N) is 2. The highest BCUT2D eigenvalue weighted by atomic mass is 16.4. The predicted octanol–water partition coefficient (Wildman–Crippen LogP) is 3.44. The van der Waals surface area contributed by atoms with E-state index in [9.17, 15) is 9.59 Å². The van der Waals surface area contributed by atoms with Gasteiger partial charge in [-0.25, -0.2) is 4.79 Å². The van der Waals surface area contributed by atoms with Crippen LogP contribution in [0.25, 0.3) is 0 Å². The first-order valence-electron chi connectivity index (χ1n) is 10.2. The maximum absolute atomic E-state index is 12.6. The first-order chi connectivity index (χ1) is 14.9. The van der Waals surface area contributed by atoms with Gasteiger partial charge in [0.05, 0.1) is 12.6 Å². The van der Waals surface area contributed by atoms with Crippen molar-refractivity contribution in [3.05, 3.63) is 76.5 Å². The second-order valence-corrected chi connectivity index (χ2v) is 7.85. The lowest BCUT2D eigenvalue weighted by Gasteiger charge is -2.34. The van der Waals surface area contributed by atoms with Crippen LogP contribution >= 0.6 is 0 Å². The molecular weight excluding hydrogens is 394 g/mol. The number of carbonyl (C=O) groups excluding carboxylic acids is 2. The Morgan fingerprint density at radius 2 is 1.84 bits per heavy atom. The highest BCUT2D eigenvalue weighted by molar-refractivity contribution is 6.01. The molecule has 0 aliphatic carbocycles. The van der Waals surface area contributed by atoms with Gasteiger partial charge in [-0.2, -0.15) is 0 Å². The molecule has 160 valence electrons. The molecular formula is C23H25N5O3. The van der Waals surface area contributed by atoms with Gasteiger partial charge in [-0.1, -0.05) is 30.3 Å². The molecule has 1 atom stereocenters. The first-order valence-corrected chi connectivity index (χ1v) is 10.2. The summed E-state index contributed by atoms with van der Waals surface area (Å²) in [5.41, 5.74) is 5.16. The predicted molar refractivity (Wildman–Crippen MR) is 115 cm³/mol. The van der Waals surface area contributed by atoms with Gasteiger partial charge < -0.3 is 9.73 Å². The van der Waals surface area contributed by atoms with Gasteiger partial charge in [-0.05, 0) is 54.7 Å². The highest BCUT2D eigenvalue weighted by Gasteiger charge is 2.32. The molecule has 31 heavy (non-hydrogen) atoms. The van der Waals surface area contributed by atoms with Crippen molar-refractivity contribution in [1.29, 1.82) is 0 Å². The Kier molecular flexibility index (Phi) is 5.81. The Labute approximate surface area is 180 Å². The van der Waals surface area contributed by atoms with E-state index in [1.54, 1.807) is 6.92 Å². The number of benzene rings is 2. The molecule has 1 aromatic heterocycles. The van der Waals surface area contributed by atoms with Gasteiger partial charge in [0, 0.05) is 19.2 Å². The van der Waals surface area contributed by atoms with E-state index in [1.807, 2.05) is 55.1 Å². The smallest absolute Gasteiger partial charge is 0.325 e. The van der Waals surface area contributed by atoms with Crippen molar-refractivity contribution in [2.24, 2.45) is 0 Å². The van der Waals surface area contributed by atoms with E-state index in [0.717, 1.165) is 16.7 Å². The summed E-state index contributed by atoms with van der Waals surface area (Å²) in [4.78, 5) is 26.9. The molecule has 1 aliphatic rings. The lowest BCUT2D eigenvalue weighted by atomic mass is 9.94. The summed E-state index contributed by atoms with van der Waals surface area (Å²) < 4.78 is 5.66. The molecule has 8 nitrogen and oxygen atoms in total.